The van der Waals surface area contributed by atoms with Gasteiger partial charge in [-0.15, -0.1) is 0 Å². The maximum Gasteiger partial charge on any atom is 0.209 e. The number of para-hydroxylation sites is 2. The van der Waals surface area contributed by atoms with Crippen LogP contribution in [0.5, 0.6) is 0 Å². The molecule has 0 bridgehead atoms. The highest BCUT2D eigenvalue weighted by Gasteiger charge is 2.24. The summed E-state index contributed by atoms with van der Waals surface area (Å²) in [6.07, 6.45) is 1.82. The van der Waals surface area contributed by atoms with E-state index in [1.807, 2.05) is 91.0 Å². The largest absolute Gasteiger partial charge is 0.352 e. The summed E-state index contributed by atoms with van der Waals surface area (Å²) >= 11 is 0. The van der Waals surface area contributed by atoms with Gasteiger partial charge in [-0.3, -0.25) is 4.79 Å². The number of ketones is 1. The fourth-order valence-corrected chi connectivity index (χ4v) is 2.83. The minimum Gasteiger partial charge on any atom is -0.352 e. The molecular weight excluding hydrogens is 308 g/mol. The monoisotopic (exact) mass is 324 g/mol. The summed E-state index contributed by atoms with van der Waals surface area (Å²) in [7, 11) is 0. The van der Waals surface area contributed by atoms with Gasteiger partial charge in [0, 0.05) is 16.8 Å². The minimum atomic E-state index is -0.0218. The summed E-state index contributed by atoms with van der Waals surface area (Å²) in [6, 6.07) is 27.0. The average molecular weight is 324 g/mol. The van der Waals surface area contributed by atoms with Gasteiger partial charge in [-0.1, -0.05) is 60.7 Å². The van der Waals surface area contributed by atoms with Crippen molar-refractivity contribution in [2.45, 2.75) is 0 Å². The lowest BCUT2D eigenvalue weighted by Crippen LogP contribution is -2.21. The van der Waals surface area contributed by atoms with Crippen LogP contribution in [-0.4, -0.2) is 11.5 Å². The average Bonchev–Trinajstić information content (AvgIpc) is 2.67. The SMILES string of the molecule is O=C1C(Nc2ccccc2)=CC(=Nc2ccccc2)c2ccccc21. The first-order chi connectivity index (χ1) is 12.3. The maximum absolute atomic E-state index is 12.8. The maximum atomic E-state index is 12.8. The number of Topliss-reactive ketones (excluding diaryl/α,β-unsaturated/α-hetero) is 1. The zero-order chi connectivity index (χ0) is 17.1. The number of rotatable bonds is 3. The molecule has 1 N–H and O–H groups in total. The van der Waals surface area contributed by atoms with E-state index in [2.05, 4.69) is 5.32 Å². The van der Waals surface area contributed by atoms with Gasteiger partial charge in [0.05, 0.1) is 17.1 Å². The highest BCUT2D eigenvalue weighted by atomic mass is 16.1. The molecule has 0 heterocycles. The second kappa shape index (κ2) is 6.57. The Hall–Kier alpha value is -3.46. The number of benzene rings is 3. The van der Waals surface area contributed by atoms with Crippen LogP contribution < -0.4 is 5.32 Å². The molecular formula is C22H16N2O. The molecule has 120 valence electrons. The quantitative estimate of drug-likeness (QED) is 0.736. The highest BCUT2D eigenvalue weighted by Crippen LogP contribution is 2.25. The van der Waals surface area contributed by atoms with Crippen LogP contribution in [0.25, 0.3) is 0 Å². The van der Waals surface area contributed by atoms with Crippen molar-refractivity contribution in [2.24, 2.45) is 4.99 Å². The Labute approximate surface area is 146 Å². The third kappa shape index (κ3) is 3.12. The second-order valence-electron chi connectivity index (χ2n) is 5.76. The Morgan fingerprint density at radius 3 is 2.00 bits per heavy atom. The van der Waals surface area contributed by atoms with Crippen molar-refractivity contribution < 1.29 is 4.79 Å². The summed E-state index contributed by atoms with van der Waals surface area (Å²) in [5.41, 5.74) is 4.56. The van der Waals surface area contributed by atoms with Gasteiger partial charge in [0.2, 0.25) is 5.78 Å². The Morgan fingerprint density at radius 1 is 0.680 bits per heavy atom. The number of carbonyl (C=O) groups excluding carboxylic acids is 1. The van der Waals surface area contributed by atoms with Gasteiger partial charge in [-0.05, 0) is 30.3 Å². The normalized spacial score (nSPS) is 14.8. The first-order valence-electron chi connectivity index (χ1n) is 8.13. The van der Waals surface area contributed by atoms with E-state index in [-0.39, 0.29) is 5.78 Å². The van der Waals surface area contributed by atoms with Crippen molar-refractivity contribution in [1.82, 2.24) is 0 Å². The van der Waals surface area contributed by atoms with Gasteiger partial charge >= 0.3 is 0 Å². The van der Waals surface area contributed by atoms with Gasteiger partial charge in [0.25, 0.3) is 0 Å². The van der Waals surface area contributed by atoms with Crippen molar-refractivity contribution in [1.29, 1.82) is 0 Å². The molecule has 0 fully saturated rings. The number of fused-ring (bicyclic) bond motifs is 1. The molecule has 3 aromatic carbocycles. The first kappa shape index (κ1) is 15.1. The summed E-state index contributed by atoms with van der Waals surface area (Å²) < 4.78 is 0. The number of nitrogens with one attached hydrogen (secondary N) is 1. The van der Waals surface area contributed by atoms with Crippen molar-refractivity contribution >= 4 is 22.9 Å². The van der Waals surface area contributed by atoms with Crippen LogP contribution in [0.1, 0.15) is 15.9 Å². The molecule has 25 heavy (non-hydrogen) atoms. The number of nitrogens with zero attached hydrogens (tertiary/aromatic N) is 1. The smallest absolute Gasteiger partial charge is 0.209 e. The Bertz CT molecular complexity index is 973. The van der Waals surface area contributed by atoms with Gasteiger partial charge in [-0.25, -0.2) is 4.99 Å². The molecule has 1 aliphatic carbocycles. The van der Waals surface area contributed by atoms with Crippen LogP contribution in [0.15, 0.2) is 102 Å². The molecule has 0 radical (unpaired) electrons. The summed E-state index contributed by atoms with van der Waals surface area (Å²) in [4.78, 5) is 17.6. The number of hydrogen-bond donors (Lipinski definition) is 1. The molecule has 0 unspecified atom stereocenters. The van der Waals surface area contributed by atoms with Crippen LogP contribution >= 0.6 is 0 Å². The number of carbonyl (C=O) groups is 1. The van der Waals surface area contributed by atoms with E-state index < -0.39 is 0 Å². The third-order valence-corrected chi connectivity index (χ3v) is 4.03. The number of hydrogen-bond acceptors (Lipinski definition) is 3. The number of aliphatic imine (C=N–C) groups is 1. The molecule has 0 amide bonds. The Morgan fingerprint density at radius 2 is 1.28 bits per heavy atom. The van der Waals surface area contributed by atoms with Crippen LogP contribution in [0.2, 0.25) is 0 Å². The van der Waals surface area contributed by atoms with Crippen LogP contribution in [0.3, 0.4) is 0 Å². The third-order valence-electron chi connectivity index (χ3n) is 4.03. The molecule has 0 atom stereocenters. The van der Waals surface area contributed by atoms with E-state index in [0.717, 1.165) is 22.6 Å². The molecule has 3 nitrogen and oxygen atoms in total. The molecule has 4 rings (SSSR count). The van der Waals surface area contributed by atoms with Crippen molar-refractivity contribution in [3.63, 3.8) is 0 Å². The van der Waals surface area contributed by atoms with E-state index >= 15 is 0 Å². The highest BCUT2D eigenvalue weighted by molar-refractivity contribution is 6.27. The van der Waals surface area contributed by atoms with Crippen molar-refractivity contribution in [2.75, 3.05) is 5.32 Å². The minimum absolute atomic E-state index is 0.0218. The van der Waals surface area contributed by atoms with E-state index in [0.29, 0.717) is 11.3 Å². The fraction of sp³-hybridized carbons (Fsp3) is 0. The van der Waals surface area contributed by atoms with E-state index in [1.165, 1.54) is 0 Å². The van der Waals surface area contributed by atoms with E-state index in [1.54, 1.807) is 0 Å². The van der Waals surface area contributed by atoms with Gasteiger partial charge in [-0.2, -0.15) is 0 Å². The molecule has 1 aliphatic rings. The summed E-state index contributed by atoms with van der Waals surface area (Å²) in [5, 5.41) is 3.22. The molecule has 0 aliphatic heterocycles. The zero-order valence-electron chi connectivity index (χ0n) is 13.5. The topological polar surface area (TPSA) is 41.5 Å². The molecule has 0 saturated heterocycles. The molecule has 3 heteroatoms. The van der Waals surface area contributed by atoms with Crippen LogP contribution in [-0.2, 0) is 0 Å². The lowest BCUT2D eigenvalue weighted by Gasteiger charge is -2.19. The molecule has 0 aromatic heterocycles. The Kier molecular flexibility index (Phi) is 3.97. The van der Waals surface area contributed by atoms with Gasteiger partial charge in [0.15, 0.2) is 0 Å². The van der Waals surface area contributed by atoms with E-state index in [9.17, 15) is 4.79 Å². The van der Waals surface area contributed by atoms with E-state index in [4.69, 9.17) is 4.99 Å². The fourth-order valence-electron chi connectivity index (χ4n) is 2.83. The number of anilines is 1. The van der Waals surface area contributed by atoms with Gasteiger partial charge < -0.3 is 5.32 Å². The zero-order valence-corrected chi connectivity index (χ0v) is 13.5. The predicted molar refractivity (Wildman–Crippen MR) is 102 cm³/mol. The summed E-state index contributed by atoms with van der Waals surface area (Å²) in [6.45, 7) is 0. The van der Waals surface area contributed by atoms with Crippen LogP contribution in [0.4, 0.5) is 11.4 Å². The van der Waals surface area contributed by atoms with Crippen molar-refractivity contribution in [3.05, 3.63) is 108 Å². The Balaban J connectivity index is 1.80. The molecule has 0 spiro atoms. The van der Waals surface area contributed by atoms with Crippen LogP contribution in [0, 0.1) is 0 Å². The standard InChI is InChI=1S/C22H16N2O/c25-22-19-14-8-7-13-18(19)20(23-16-9-3-1-4-10-16)15-21(22)24-17-11-5-2-6-12-17/h1-15,24H. The lowest BCUT2D eigenvalue weighted by molar-refractivity contribution is 0.103. The number of allylic oxidation sites excluding steroid dienone is 2. The molecule has 3 aromatic rings. The van der Waals surface area contributed by atoms with Crippen molar-refractivity contribution in [3.8, 4) is 0 Å². The van der Waals surface area contributed by atoms with Gasteiger partial charge in [0.1, 0.15) is 0 Å². The molecule has 0 saturated carbocycles. The summed E-state index contributed by atoms with van der Waals surface area (Å²) in [5.74, 6) is -0.0218. The predicted octanol–water partition coefficient (Wildman–Crippen LogP) is 5.00. The first-order valence-corrected chi connectivity index (χ1v) is 8.13. The lowest BCUT2D eigenvalue weighted by atomic mass is 9.92. The second-order valence-corrected chi connectivity index (χ2v) is 5.76.